The van der Waals surface area contributed by atoms with Crippen molar-refractivity contribution in [2.45, 2.75) is 25.9 Å². The van der Waals surface area contributed by atoms with E-state index >= 15 is 0 Å². The first-order chi connectivity index (χ1) is 7.53. The van der Waals surface area contributed by atoms with Gasteiger partial charge in [-0.05, 0) is 26.0 Å². The summed E-state index contributed by atoms with van der Waals surface area (Å²) in [6, 6.07) is 8.69. The number of hydrogen-bond donors (Lipinski definition) is 1. The van der Waals surface area contributed by atoms with Crippen LogP contribution in [-0.4, -0.2) is 23.5 Å². The van der Waals surface area contributed by atoms with Gasteiger partial charge in [0.1, 0.15) is 11.4 Å². The number of ether oxygens (including phenoxy) is 2. The van der Waals surface area contributed by atoms with Gasteiger partial charge in [0.15, 0.2) is 0 Å². The molecule has 0 aliphatic carbocycles. The topological polar surface area (TPSA) is 55.8 Å². The van der Waals surface area contributed by atoms with Crippen molar-refractivity contribution in [1.29, 1.82) is 0 Å². The molecule has 1 aromatic rings. The molecule has 4 nitrogen and oxygen atoms in total. The highest BCUT2D eigenvalue weighted by Crippen LogP contribution is 2.16. The Morgan fingerprint density at radius 1 is 1.31 bits per heavy atom. The van der Waals surface area contributed by atoms with Crippen molar-refractivity contribution in [2.24, 2.45) is 0 Å². The lowest BCUT2D eigenvalue weighted by molar-refractivity contribution is -0.00436. The molecule has 88 valence electrons. The molecule has 0 aliphatic rings. The van der Waals surface area contributed by atoms with Crippen molar-refractivity contribution in [1.82, 2.24) is 0 Å². The van der Waals surface area contributed by atoms with Gasteiger partial charge in [0.05, 0.1) is 0 Å². The number of carbonyl (C=O) groups excluding carboxylic acids is 1. The highest BCUT2D eigenvalue weighted by molar-refractivity contribution is 5.64. The van der Waals surface area contributed by atoms with E-state index in [-0.39, 0.29) is 6.61 Å². The Balaban J connectivity index is 2.48. The van der Waals surface area contributed by atoms with Crippen LogP contribution in [0.25, 0.3) is 0 Å². The third-order valence-electron chi connectivity index (χ3n) is 2.02. The molecule has 0 radical (unpaired) electrons. The molecule has 1 N–H and O–H groups in total. The second-order valence-electron chi connectivity index (χ2n) is 4.00. The normalized spacial score (nSPS) is 10.9. The Hall–Kier alpha value is -1.55. The third kappa shape index (κ3) is 4.31. The Kier molecular flexibility index (Phi) is 4.31. The molecule has 0 unspecified atom stereocenters. The van der Waals surface area contributed by atoms with Crippen LogP contribution < -0.4 is 4.74 Å². The zero-order valence-electron chi connectivity index (χ0n) is 9.47. The van der Waals surface area contributed by atoms with Crippen molar-refractivity contribution in [3.63, 3.8) is 0 Å². The number of aliphatic hydroxyl groups is 1. The molecule has 0 spiro atoms. The predicted molar refractivity (Wildman–Crippen MR) is 59.3 cm³/mol. The summed E-state index contributed by atoms with van der Waals surface area (Å²) in [7, 11) is 0. The summed E-state index contributed by atoms with van der Waals surface area (Å²) < 4.78 is 10.0. The standard InChI is InChI=1S/C12H16O4/c1-12(2,8-9-13)16-11(14)15-10-6-4-3-5-7-10/h3-7,13H,8-9H2,1-2H3. The SMILES string of the molecule is CC(C)(CCO)OC(=O)Oc1ccccc1. The first kappa shape index (κ1) is 12.5. The van der Waals surface area contributed by atoms with Gasteiger partial charge in [0.25, 0.3) is 0 Å². The van der Waals surface area contributed by atoms with Gasteiger partial charge in [-0.25, -0.2) is 4.79 Å². The second kappa shape index (κ2) is 5.51. The Labute approximate surface area is 94.8 Å². The fourth-order valence-electron chi connectivity index (χ4n) is 1.15. The smallest absolute Gasteiger partial charge is 0.428 e. The van der Waals surface area contributed by atoms with Crippen LogP contribution in [0.15, 0.2) is 30.3 Å². The number of aliphatic hydroxyl groups excluding tert-OH is 1. The summed E-state index contributed by atoms with van der Waals surface area (Å²) in [6.45, 7) is 3.40. The van der Waals surface area contributed by atoms with Crippen LogP contribution in [-0.2, 0) is 4.74 Å². The molecule has 0 aromatic heterocycles. The highest BCUT2D eigenvalue weighted by atomic mass is 16.7. The van der Waals surface area contributed by atoms with Crippen molar-refractivity contribution < 1.29 is 19.4 Å². The van der Waals surface area contributed by atoms with Gasteiger partial charge in [-0.2, -0.15) is 0 Å². The first-order valence-electron chi connectivity index (χ1n) is 5.10. The molecule has 0 fully saturated rings. The monoisotopic (exact) mass is 224 g/mol. The zero-order valence-corrected chi connectivity index (χ0v) is 9.47. The van der Waals surface area contributed by atoms with Crippen LogP contribution in [0.1, 0.15) is 20.3 Å². The largest absolute Gasteiger partial charge is 0.514 e. The van der Waals surface area contributed by atoms with Gasteiger partial charge in [-0.3, -0.25) is 0 Å². The van der Waals surface area contributed by atoms with E-state index in [1.54, 1.807) is 38.1 Å². The third-order valence-corrected chi connectivity index (χ3v) is 2.02. The summed E-state index contributed by atoms with van der Waals surface area (Å²) in [4.78, 5) is 11.4. The van der Waals surface area contributed by atoms with Crippen molar-refractivity contribution in [3.8, 4) is 5.75 Å². The number of para-hydroxylation sites is 1. The van der Waals surface area contributed by atoms with Crippen LogP contribution in [0.4, 0.5) is 4.79 Å². The average Bonchev–Trinajstić information content (AvgIpc) is 2.17. The highest BCUT2D eigenvalue weighted by Gasteiger charge is 2.23. The van der Waals surface area contributed by atoms with Crippen molar-refractivity contribution in [3.05, 3.63) is 30.3 Å². The molecule has 4 heteroatoms. The van der Waals surface area contributed by atoms with Gasteiger partial charge < -0.3 is 14.6 Å². The predicted octanol–water partition coefficient (Wildman–Crippen LogP) is 2.36. The molecular weight excluding hydrogens is 208 g/mol. The van der Waals surface area contributed by atoms with E-state index in [9.17, 15) is 4.79 Å². The molecule has 1 aromatic carbocycles. The fourth-order valence-corrected chi connectivity index (χ4v) is 1.15. The quantitative estimate of drug-likeness (QED) is 0.630. The Morgan fingerprint density at radius 3 is 2.50 bits per heavy atom. The first-order valence-corrected chi connectivity index (χ1v) is 5.10. The van der Waals surface area contributed by atoms with E-state index in [2.05, 4.69) is 0 Å². The average molecular weight is 224 g/mol. The maximum Gasteiger partial charge on any atom is 0.514 e. The molecule has 0 atom stereocenters. The number of carbonyl (C=O) groups is 1. The van der Waals surface area contributed by atoms with Gasteiger partial charge in [0.2, 0.25) is 0 Å². The van der Waals surface area contributed by atoms with E-state index in [0.29, 0.717) is 12.2 Å². The van der Waals surface area contributed by atoms with E-state index in [1.165, 1.54) is 0 Å². The van der Waals surface area contributed by atoms with Crippen LogP contribution in [0.3, 0.4) is 0 Å². The maximum absolute atomic E-state index is 11.4. The van der Waals surface area contributed by atoms with E-state index in [1.807, 2.05) is 6.07 Å². The fraction of sp³-hybridized carbons (Fsp3) is 0.417. The molecule has 0 amide bonds. The molecular formula is C12H16O4. The second-order valence-corrected chi connectivity index (χ2v) is 4.00. The van der Waals surface area contributed by atoms with Crippen molar-refractivity contribution >= 4 is 6.16 Å². The molecule has 0 bridgehead atoms. The molecule has 16 heavy (non-hydrogen) atoms. The molecule has 0 saturated carbocycles. The maximum atomic E-state index is 11.4. The van der Waals surface area contributed by atoms with E-state index < -0.39 is 11.8 Å². The van der Waals surface area contributed by atoms with Crippen LogP contribution in [0, 0.1) is 0 Å². The summed E-state index contributed by atoms with van der Waals surface area (Å²) >= 11 is 0. The van der Waals surface area contributed by atoms with E-state index in [4.69, 9.17) is 14.6 Å². The van der Waals surface area contributed by atoms with Crippen LogP contribution in [0.2, 0.25) is 0 Å². The number of rotatable bonds is 4. The Morgan fingerprint density at radius 2 is 1.94 bits per heavy atom. The van der Waals surface area contributed by atoms with Crippen LogP contribution in [0.5, 0.6) is 5.75 Å². The van der Waals surface area contributed by atoms with Gasteiger partial charge in [-0.1, -0.05) is 18.2 Å². The summed E-state index contributed by atoms with van der Waals surface area (Å²) in [5.41, 5.74) is -0.722. The minimum absolute atomic E-state index is 0.0361. The number of benzene rings is 1. The van der Waals surface area contributed by atoms with Gasteiger partial charge >= 0.3 is 6.16 Å². The molecule has 1 rings (SSSR count). The lowest BCUT2D eigenvalue weighted by Gasteiger charge is -2.23. The molecule has 0 saturated heterocycles. The van der Waals surface area contributed by atoms with Gasteiger partial charge in [0, 0.05) is 13.0 Å². The molecule has 0 heterocycles. The van der Waals surface area contributed by atoms with Crippen LogP contribution >= 0.6 is 0 Å². The van der Waals surface area contributed by atoms with Gasteiger partial charge in [-0.15, -0.1) is 0 Å². The molecule has 0 aliphatic heterocycles. The minimum atomic E-state index is -0.760. The minimum Gasteiger partial charge on any atom is -0.428 e. The number of hydrogen-bond acceptors (Lipinski definition) is 4. The Bertz CT molecular complexity index is 332. The lowest BCUT2D eigenvalue weighted by atomic mass is 10.1. The summed E-state index contributed by atoms with van der Waals surface area (Å²) in [5.74, 6) is 0.437. The zero-order chi connectivity index (χ0) is 12.0. The van der Waals surface area contributed by atoms with Crippen molar-refractivity contribution in [2.75, 3.05) is 6.61 Å². The summed E-state index contributed by atoms with van der Waals surface area (Å²) in [5, 5.41) is 8.77. The lowest BCUT2D eigenvalue weighted by Crippen LogP contribution is -2.30. The summed E-state index contributed by atoms with van der Waals surface area (Å²) in [6.07, 6.45) is -0.388. The van der Waals surface area contributed by atoms with E-state index in [0.717, 1.165) is 0 Å².